The van der Waals surface area contributed by atoms with Crippen molar-refractivity contribution >= 4 is 112 Å². The van der Waals surface area contributed by atoms with Crippen LogP contribution in [0.5, 0.6) is 0 Å². The maximum atomic E-state index is 13.0. The monoisotopic (exact) mass is 1770 g/mol. The van der Waals surface area contributed by atoms with Crippen molar-refractivity contribution in [1.29, 1.82) is 0 Å². The third-order valence-electron chi connectivity index (χ3n) is 19.4. The number of rotatable bonds is 10. The van der Waals surface area contributed by atoms with Gasteiger partial charge in [0, 0.05) is 82.9 Å². The number of aryl methyl sites for hydroxylation is 4. The van der Waals surface area contributed by atoms with Crippen molar-refractivity contribution in [3.05, 3.63) is 245 Å². The van der Waals surface area contributed by atoms with Gasteiger partial charge in [0.25, 0.3) is 28.2 Å². The Morgan fingerprint density at radius 1 is 0.496 bits per heavy atom. The number of nitrogens with one attached hydrogen (secondary N) is 1. The van der Waals surface area contributed by atoms with Crippen LogP contribution >= 0.6 is 32.9 Å². The molecule has 16 rings (SSSR count). The quantitative estimate of drug-likeness (QED) is 0.0499. The summed E-state index contributed by atoms with van der Waals surface area (Å²) in [5.41, 5.74) is 6.04. The molecular weight excluding hydrogens is 1680 g/mol. The smallest absolute Gasteiger partial charge is 0.870 e. The zero-order valence-electron chi connectivity index (χ0n) is 66.4. The van der Waals surface area contributed by atoms with E-state index < -0.39 is 30.5 Å². The number of pyridine rings is 3. The zero-order valence-corrected chi connectivity index (χ0v) is 76.0. The zero-order chi connectivity index (χ0) is 79.9. The molecule has 0 amide bonds. The van der Waals surface area contributed by atoms with Crippen LogP contribution in [0.4, 0.5) is 0 Å². The van der Waals surface area contributed by atoms with Gasteiger partial charge < -0.3 is 41.5 Å². The normalized spacial score (nSPS) is 14.2. The van der Waals surface area contributed by atoms with Crippen molar-refractivity contribution in [2.75, 3.05) is 11.9 Å². The molecule has 8 aromatic heterocycles. The van der Waals surface area contributed by atoms with Gasteiger partial charge in [0.15, 0.2) is 12.4 Å². The number of H-pyrrole nitrogens is 1. The third kappa shape index (κ3) is 24.8. The summed E-state index contributed by atoms with van der Waals surface area (Å²) < 4.78 is 12.1. The van der Waals surface area contributed by atoms with E-state index in [1.807, 2.05) is 41.0 Å². The number of ketones is 2. The number of aliphatic carboxylic acids is 1. The van der Waals surface area contributed by atoms with Gasteiger partial charge in [-0.3, -0.25) is 66.8 Å². The number of carboxylic acids is 3. The molecule has 12 aromatic rings. The summed E-state index contributed by atoms with van der Waals surface area (Å²) in [7, 11) is 0. The largest absolute Gasteiger partial charge is 1.00 e. The molecule has 33 heteroatoms. The van der Waals surface area contributed by atoms with E-state index in [0.29, 0.717) is 75.2 Å². The van der Waals surface area contributed by atoms with Crippen molar-refractivity contribution in [3.63, 3.8) is 0 Å². The predicted molar refractivity (Wildman–Crippen MR) is 443 cm³/mol. The minimum Gasteiger partial charge on any atom is -0.870 e. The average Bonchev–Trinajstić information content (AvgIpc) is 1.36. The number of hydrogen-bond acceptors (Lipinski definition) is 22. The van der Waals surface area contributed by atoms with E-state index in [9.17, 15) is 48.3 Å². The van der Waals surface area contributed by atoms with Gasteiger partial charge in [-0.05, 0) is 150 Å². The van der Waals surface area contributed by atoms with Gasteiger partial charge in [-0.1, -0.05) is 109 Å². The van der Waals surface area contributed by atoms with E-state index in [2.05, 4.69) is 111 Å². The molecule has 0 fully saturated rings. The second-order valence-electron chi connectivity index (χ2n) is 30.7. The molecular formula is C84H92Br2K2N14O15. The molecule has 0 unspecified atom stereocenters. The van der Waals surface area contributed by atoms with Crippen LogP contribution in [0.25, 0.3) is 66.4 Å². The van der Waals surface area contributed by atoms with E-state index in [4.69, 9.17) is 24.7 Å². The maximum Gasteiger partial charge on any atom is 1.00 e. The molecule has 0 atom stereocenters. The van der Waals surface area contributed by atoms with Crippen molar-refractivity contribution < 1.29 is 157 Å². The van der Waals surface area contributed by atoms with Gasteiger partial charge in [-0.15, -0.1) is 17.0 Å². The summed E-state index contributed by atoms with van der Waals surface area (Å²) in [4.78, 5) is 155. The Kier molecular flexibility index (Phi) is 35.9. The van der Waals surface area contributed by atoms with E-state index in [0.717, 1.165) is 110 Å². The van der Waals surface area contributed by atoms with Gasteiger partial charge in [-0.25, -0.2) is 34.5 Å². The first-order valence-corrected chi connectivity index (χ1v) is 37.2. The Bertz CT molecular complexity index is 5740. The number of halogens is 2. The van der Waals surface area contributed by atoms with E-state index >= 15 is 0 Å². The standard InChI is InChI=1S/C22H21N5O.C22H21N3O4.2C15H16N2O3.C7H6BrNO.C2H4O2.CH4.BrH.2K.H3N.H2O/c1-22(2)9-8-19-25-17-11-14(6-7-15(17)21(28)27(19)13-22)20-24-12-18(26-20)16-5-3-4-10-23-16;1-22(2)9-8-19-24-17-11-14(6-7-15(17)20(27)25(19)13-22)21(28)29-12-18(26)16-5-3-4-10-23-16;2*1-15(2)6-5-12-16-11-7-9(14(19)20)3-4-10(11)13(18)17(12)8-15;8-5-7(10)6-3-1-2-4-9-6;1-2(3)4;;;;;;/h3-7,10-12H,8-9,13H2,1-2H3,(H,24,26);3-7,10-11H,8-9,12-13H2,1-2H3;2*3-4,7H,5-6,8H2,1-2H3,(H,19,20);1-4H,5H2;1H3,(H,3,4);1H4;1H;;;1H3;1H2/q;;;;;;;;2*+1;;/p-2. The molecule has 117 heavy (non-hydrogen) atoms. The Hall–Kier alpha value is -8.53. The molecule has 0 bridgehead atoms. The van der Waals surface area contributed by atoms with E-state index in [-0.39, 0.29) is 217 Å². The minimum atomic E-state index is -1.26. The molecule has 4 aromatic carbocycles. The average molecular weight is 1780 g/mol. The Morgan fingerprint density at radius 3 is 1.21 bits per heavy atom. The number of carbonyl (C=O) groups is 6. The number of aromatic carboxylic acids is 2. The molecule has 12 heterocycles. The molecule has 29 nitrogen and oxygen atoms in total. The van der Waals surface area contributed by atoms with Crippen LogP contribution in [-0.2, 0) is 61.4 Å². The molecule has 7 N–H and O–H groups in total. The first-order valence-electron chi connectivity index (χ1n) is 36.0. The second kappa shape index (κ2) is 42.4. The summed E-state index contributed by atoms with van der Waals surface area (Å²) in [6.07, 6.45) is 13.6. The van der Waals surface area contributed by atoms with E-state index in [1.165, 1.54) is 42.6 Å². The van der Waals surface area contributed by atoms with Crippen molar-refractivity contribution in [2.45, 2.75) is 147 Å². The van der Waals surface area contributed by atoms with Crippen molar-refractivity contribution in [3.8, 4) is 22.8 Å². The fourth-order valence-corrected chi connectivity index (χ4v) is 13.7. The number of alkyl halides is 1. The summed E-state index contributed by atoms with van der Waals surface area (Å²) in [6.45, 7) is 20.5. The third-order valence-corrected chi connectivity index (χ3v) is 20.0. The molecule has 4 aliphatic rings. The van der Waals surface area contributed by atoms with E-state index in [1.54, 1.807) is 86.9 Å². The number of fused-ring (bicyclic) bond motifs is 8. The maximum absolute atomic E-state index is 13.0. The SMILES string of the molecule is Br.C.CC(=O)O.CC1(C)CCc2nc3cc(-c4ncc(-c5ccccn5)[nH]4)ccc3c(=O)n2C1.CC1(C)CCc2nc3cc(C(=O)O)ccc3c(=O)n2C1.CC1(C)CCc2nc3cc(C(=O)OCC(=O)c4ccccn4)ccc3c(=O)n2C1.CC1(C)CCc2nc3cc(C(=O)[O-])ccc3c(=O)n2C1.N.O=C(CBr)c1ccccn1.[K+].[K+].[OH-]. The van der Waals surface area contributed by atoms with Crippen LogP contribution in [0, 0.1) is 21.7 Å². The topological polar surface area (TPSA) is 447 Å². The van der Waals surface area contributed by atoms with Gasteiger partial charge in [-0.2, -0.15) is 0 Å². The Balaban J connectivity index is 0.000000262. The number of esters is 1. The second-order valence-corrected chi connectivity index (χ2v) is 31.3. The fraction of sp³-hybridized carbons (Fsp3) is 0.333. The number of carbonyl (C=O) groups excluding carboxylic acids is 4. The number of Topliss-reactive ketones (excluding diaryl/α,β-unsaturated/α-hetero) is 2. The molecule has 0 saturated carbocycles. The molecule has 0 aliphatic carbocycles. The van der Waals surface area contributed by atoms with Gasteiger partial charge in [0.1, 0.15) is 40.5 Å². The molecule has 0 radical (unpaired) electrons. The summed E-state index contributed by atoms with van der Waals surface area (Å²) in [5, 5.41) is 29.7. The Labute approximate surface area is 778 Å². The number of benzene rings is 4. The fourth-order valence-electron chi connectivity index (χ4n) is 13.4. The summed E-state index contributed by atoms with van der Waals surface area (Å²) >= 11 is 3.06. The molecule has 0 spiro atoms. The van der Waals surface area contributed by atoms with Gasteiger partial charge >= 0.3 is 115 Å². The van der Waals surface area contributed by atoms with Crippen molar-refractivity contribution in [2.24, 2.45) is 21.7 Å². The number of aromatic amines is 1. The molecule has 4 aliphatic heterocycles. The number of carboxylic acid groups (broad SMARTS) is 3. The number of aromatic nitrogens is 13. The summed E-state index contributed by atoms with van der Waals surface area (Å²) in [5.74, 6) is -0.268. The first kappa shape index (κ1) is 99.0. The molecule has 604 valence electrons. The van der Waals surface area contributed by atoms with Crippen molar-refractivity contribution in [1.82, 2.24) is 69.3 Å². The van der Waals surface area contributed by atoms with Crippen LogP contribution in [0.1, 0.15) is 171 Å². The Morgan fingerprint density at radius 2 is 0.846 bits per heavy atom. The summed E-state index contributed by atoms with van der Waals surface area (Å²) in [6, 6.07) is 35.2. The number of ether oxygens (including phenoxy) is 1. The van der Waals surface area contributed by atoms with Gasteiger partial charge in [0.05, 0.1) is 83.6 Å². The van der Waals surface area contributed by atoms with Crippen LogP contribution in [0.2, 0.25) is 0 Å². The minimum absolute atomic E-state index is 0. The van der Waals surface area contributed by atoms with Crippen LogP contribution in [-0.4, -0.2) is 126 Å². The number of imidazole rings is 1. The number of nitrogens with zero attached hydrogens (tertiary/aromatic N) is 12. The van der Waals surface area contributed by atoms with Gasteiger partial charge in [0.2, 0.25) is 5.78 Å². The van der Waals surface area contributed by atoms with Crippen LogP contribution in [0.3, 0.4) is 0 Å². The predicted octanol–water partition coefficient (Wildman–Crippen LogP) is 6.38. The van der Waals surface area contributed by atoms with Crippen LogP contribution in [0.15, 0.2) is 171 Å². The first-order chi connectivity index (χ1) is 52.7. The number of hydrogen-bond donors (Lipinski definition) is 4. The van der Waals surface area contributed by atoms with Crippen LogP contribution < -0.4 is 136 Å². The molecule has 0 saturated heterocycles.